The van der Waals surface area contributed by atoms with Crippen LogP contribution in [0.25, 0.3) is 0 Å². The molecule has 68 heavy (non-hydrogen) atoms. The number of carbonyl (C=O) groups is 10. The molecule has 0 saturated carbocycles. The highest BCUT2D eigenvalue weighted by atomic mass is 16.5. The number of carboxylic acids is 4. The number of nitrogens with one attached hydrogen (secondary N) is 5. The lowest BCUT2D eigenvalue weighted by Crippen LogP contribution is -2.44. The van der Waals surface area contributed by atoms with Crippen molar-refractivity contribution in [1.29, 1.82) is 0 Å². The van der Waals surface area contributed by atoms with E-state index in [2.05, 4.69) is 26.6 Å². The van der Waals surface area contributed by atoms with Gasteiger partial charge in [0.15, 0.2) is 0 Å². The van der Waals surface area contributed by atoms with Crippen LogP contribution in [-0.2, 0) is 66.9 Å². The van der Waals surface area contributed by atoms with Crippen molar-refractivity contribution in [3.05, 3.63) is 0 Å². The molecule has 0 aromatic rings. The van der Waals surface area contributed by atoms with Crippen LogP contribution in [0.15, 0.2) is 0 Å². The number of carbonyl (C=O) groups excluding carboxylic acids is 6. The van der Waals surface area contributed by atoms with Gasteiger partial charge >= 0.3 is 23.9 Å². The highest BCUT2D eigenvalue weighted by molar-refractivity contribution is 5.87. The second-order valence-corrected chi connectivity index (χ2v) is 16.1. The zero-order valence-corrected chi connectivity index (χ0v) is 39.4. The summed E-state index contributed by atoms with van der Waals surface area (Å²) in [6, 6.07) is -3.91. The van der Waals surface area contributed by atoms with Crippen LogP contribution in [-0.4, -0.2) is 164 Å². The van der Waals surface area contributed by atoms with Gasteiger partial charge in [-0.15, -0.1) is 0 Å². The second kappa shape index (κ2) is 43.0. The van der Waals surface area contributed by atoms with Crippen molar-refractivity contribution in [2.75, 3.05) is 65.9 Å². The van der Waals surface area contributed by atoms with Gasteiger partial charge in [0.2, 0.25) is 29.5 Å². The highest BCUT2D eigenvalue weighted by Gasteiger charge is 2.24. The van der Waals surface area contributed by atoms with Crippen molar-refractivity contribution in [3.63, 3.8) is 0 Å². The van der Waals surface area contributed by atoms with Crippen molar-refractivity contribution in [3.8, 4) is 0 Å². The molecular weight excluding hydrogens is 899 g/mol. The monoisotopic (exact) mass is 976 g/mol. The molecule has 3 atom stereocenters. The highest BCUT2D eigenvalue weighted by Crippen LogP contribution is 2.14. The predicted molar refractivity (Wildman–Crippen MR) is 243 cm³/mol. The van der Waals surface area contributed by atoms with Crippen LogP contribution in [0, 0.1) is 0 Å². The van der Waals surface area contributed by atoms with Crippen LogP contribution >= 0.6 is 0 Å². The summed E-state index contributed by atoms with van der Waals surface area (Å²) in [6.45, 7) is 0.136. The molecule has 0 aromatic heterocycles. The minimum Gasteiger partial charge on any atom is -0.481 e. The van der Waals surface area contributed by atoms with E-state index < -0.39 is 72.8 Å². The Labute approximate surface area is 398 Å². The summed E-state index contributed by atoms with van der Waals surface area (Å²) in [4.78, 5) is 116. The lowest BCUT2D eigenvalue weighted by Gasteiger charge is -2.16. The molecule has 0 aliphatic rings. The van der Waals surface area contributed by atoms with Crippen LogP contribution in [0.4, 0.5) is 0 Å². The molecule has 5 amide bonds. The van der Waals surface area contributed by atoms with Gasteiger partial charge in [-0.2, -0.15) is 0 Å². The van der Waals surface area contributed by atoms with E-state index >= 15 is 0 Å². The van der Waals surface area contributed by atoms with Gasteiger partial charge in [-0.05, 0) is 32.1 Å². The summed E-state index contributed by atoms with van der Waals surface area (Å²) >= 11 is 0. The maximum absolute atomic E-state index is 12.3. The summed E-state index contributed by atoms with van der Waals surface area (Å²) < 4.78 is 21.1. The molecule has 0 heterocycles. The summed E-state index contributed by atoms with van der Waals surface area (Å²) in [5, 5.41) is 48.8. The molecule has 390 valence electrons. The zero-order chi connectivity index (χ0) is 50.6. The molecule has 9 N–H and O–H groups in total. The van der Waals surface area contributed by atoms with Gasteiger partial charge in [0.25, 0.3) is 0 Å². The molecule has 0 spiro atoms. The average Bonchev–Trinajstić information content (AvgIpc) is 3.28. The van der Waals surface area contributed by atoms with Crippen LogP contribution in [0.1, 0.15) is 141 Å². The van der Waals surface area contributed by atoms with Crippen molar-refractivity contribution in [2.24, 2.45) is 0 Å². The summed E-state index contributed by atoms with van der Waals surface area (Å²) in [5.41, 5.74) is 0. The van der Waals surface area contributed by atoms with Crippen molar-refractivity contribution < 1.29 is 87.3 Å². The van der Waals surface area contributed by atoms with Crippen molar-refractivity contribution in [1.82, 2.24) is 26.6 Å². The molecule has 0 radical (unpaired) electrons. The molecule has 0 rings (SSSR count). The van der Waals surface area contributed by atoms with Crippen molar-refractivity contribution in [2.45, 2.75) is 159 Å². The Bertz CT molecular complexity index is 1480. The van der Waals surface area contributed by atoms with Gasteiger partial charge in [0.1, 0.15) is 37.6 Å². The van der Waals surface area contributed by atoms with Crippen LogP contribution in [0.3, 0.4) is 0 Å². The molecule has 0 saturated heterocycles. The smallest absolute Gasteiger partial charge is 0.326 e. The third kappa shape index (κ3) is 39.9. The molecule has 0 fully saturated rings. The Morgan fingerprint density at radius 2 is 0.735 bits per heavy atom. The quantitative estimate of drug-likeness (QED) is 0.0310. The topological polar surface area (TPSA) is 349 Å². The largest absolute Gasteiger partial charge is 0.481 e. The van der Waals surface area contributed by atoms with Gasteiger partial charge in [0, 0.05) is 45.2 Å². The lowest BCUT2D eigenvalue weighted by atomic mass is 10.0. The first-order valence-corrected chi connectivity index (χ1v) is 23.7. The first kappa shape index (κ1) is 62.7. The van der Waals surface area contributed by atoms with E-state index in [9.17, 15) is 58.2 Å². The standard InChI is InChI=1S/C45H77N5O18/c51-25-15-16-34(43(59)60)48-39(54)22-20-36(45(63)64)50-41(56)33-68-31-29-66-27-24-47-40(55)32-67-30-28-65-26-23-46-37(52)21-19-35(44(61)62)49-38(53)17-13-11-9-7-5-3-1-2-4-6-8-10-12-14-18-42(57)58/h25,34-36H,1-24,26-33H2,(H,46,52)(H,47,55)(H,48,54)(H,49,53)(H,50,56)(H,57,58)(H,59,60)(H,61,62)(H,63,64)/t34-,35-,36-/m0/s1. The number of aliphatic carboxylic acids is 4. The Morgan fingerprint density at radius 3 is 1.18 bits per heavy atom. The zero-order valence-electron chi connectivity index (χ0n) is 39.4. The van der Waals surface area contributed by atoms with E-state index in [0.29, 0.717) is 12.7 Å². The number of aldehydes is 1. The fourth-order valence-corrected chi connectivity index (χ4v) is 6.44. The average molecular weight is 976 g/mol. The van der Waals surface area contributed by atoms with Crippen LogP contribution < -0.4 is 26.6 Å². The summed E-state index contributed by atoms with van der Waals surface area (Å²) in [5.74, 6) is -7.35. The Hall–Kier alpha value is -5.26. The molecule has 23 nitrogen and oxygen atoms in total. The van der Waals surface area contributed by atoms with E-state index in [1.54, 1.807) is 0 Å². The molecule has 23 heteroatoms. The maximum atomic E-state index is 12.3. The molecule has 0 bridgehead atoms. The van der Waals surface area contributed by atoms with Gasteiger partial charge < -0.3 is 70.8 Å². The first-order chi connectivity index (χ1) is 32.7. The minimum atomic E-state index is -1.43. The van der Waals surface area contributed by atoms with E-state index in [-0.39, 0.29) is 116 Å². The molecule has 0 aliphatic carbocycles. The predicted octanol–water partition coefficient (Wildman–Crippen LogP) is 1.86. The number of amides is 5. The third-order valence-electron chi connectivity index (χ3n) is 10.2. The number of hydrogen-bond donors (Lipinski definition) is 9. The van der Waals surface area contributed by atoms with Gasteiger partial charge in [-0.1, -0.05) is 77.0 Å². The SMILES string of the molecule is O=CCC[C@H](NC(=O)CC[C@H](NC(=O)COCCOCCNC(=O)COCCOCCNC(=O)CC[C@H](NC(=O)CCCCCCCCCCCCCCCCC(=O)O)C(=O)O)C(=O)O)C(=O)O. The Morgan fingerprint density at radius 1 is 0.382 bits per heavy atom. The van der Waals surface area contributed by atoms with E-state index in [4.69, 9.17) is 29.2 Å². The van der Waals surface area contributed by atoms with Crippen LogP contribution in [0.5, 0.6) is 0 Å². The molecule has 0 aliphatic heterocycles. The Balaban J connectivity index is 3.83. The fraction of sp³-hybridized carbons (Fsp3) is 0.778. The summed E-state index contributed by atoms with van der Waals surface area (Å²) in [7, 11) is 0. The van der Waals surface area contributed by atoms with Gasteiger partial charge in [-0.25, -0.2) is 14.4 Å². The minimum absolute atomic E-state index is 0.0241. The summed E-state index contributed by atoms with van der Waals surface area (Å²) in [6.07, 6.45) is 14.7. The van der Waals surface area contributed by atoms with Crippen LogP contribution in [0.2, 0.25) is 0 Å². The van der Waals surface area contributed by atoms with Crippen molar-refractivity contribution >= 4 is 59.7 Å². The van der Waals surface area contributed by atoms with E-state index in [1.165, 1.54) is 32.1 Å². The third-order valence-corrected chi connectivity index (χ3v) is 10.2. The molecule has 0 aromatic carbocycles. The lowest BCUT2D eigenvalue weighted by molar-refractivity contribution is -0.144. The number of carboxylic acid groups (broad SMARTS) is 4. The van der Waals surface area contributed by atoms with E-state index in [1.807, 2.05) is 0 Å². The number of hydrogen-bond acceptors (Lipinski definition) is 14. The first-order valence-electron chi connectivity index (χ1n) is 23.7. The maximum Gasteiger partial charge on any atom is 0.326 e. The molecule has 0 unspecified atom stereocenters. The number of unbranched alkanes of at least 4 members (excludes halogenated alkanes) is 13. The molecular formula is C45H77N5O18. The van der Waals surface area contributed by atoms with Gasteiger partial charge in [-0.3, -0.25) is 28.8 Å². The normalized spacial score (nSPS) is 12.2. The van der Waals surface area contributed by atoms with E-state index in [0.717, 1.165) is 51.4 Å². The number of ether oxygens (including phenoxy) is 4. The fourth-order valence-electron chi connectivity index (χ4n) is 6.44. The number of rotatable bonds is 48. The van der Waals surface area contributed by atoms with Gasteiger partial charge in [0.05, 0.1) is 39.6 Å². The second-order valence-electron chi connectivity index (χ2n) is 16.1. The Kier molecular flexibility index (Phi) is 39.7.